The molecule has 0 amide bonds. The van der Waals surface area contributed by atoms with E-state index >= 15 is 0 Å². The van der Waals surface area contributed by atoms with E-state index in [1.165, 1.54) is 22.3 Å². The van der Waals surface area contributed by atoms with Crippen LogP contribution in [0.2, 0.25) is 0 Å². The Morgan fingerprint density at radius 2 is 1.94 bits per heavy atom. The van der Waals surface area contributed by atoms with E-state index in [-0.39, 0.29) is 0 Å². The normalized spacial score (nSPS) is 14.3. The summed E-state index contributed by atoms with van der Waals surface area (Å²) in [7, 11) is 0. The number of phenols is 1. The molecule has 2 aromatic carbocycles. The van der Waals surface area contributed by atoms with E-state index < -0.39 is 0 Å². The van der Waals surface area contributed by atoms with E-state index in [9.17, 15) is 5.11 Å². The van der Waals surface area contributed by atoms with Gasteiger partial charge in [0, 0.05) is 0 Å². The van der Waals surface area contributed by atoms with Crippen molar-refractivity contribution >= 4 is 0 Å². The molecule has 0 bridgehead atoms. The number of rotatable bonds is 1. The third-order valence-corrected chi connectivity index (χ3v) is 3.50. The highest BCUT2D eigenvalue weighted by Crippen LogP contribution is 2.29. The SMILES string of the molecule is Cc1cc(O)ccc1-c1ccc2c(c1)CCOC2. The molecule has 3 rings (SSSR count). The van der Waals surface area contributed by atoms with Gasteiger partial charge in [0.1, 0.15) is 5.75 Å². The quantitative estimate of drug-likeness (QED) is 0.827. The summed E-state index contributed by atoms with van der Waals surface area (Å²) in [5.74, 6) is 0.322. The van der Waals surface area contributed by atoms with E-state index in [2.05, 4.69) is 18.2 Å². The van der Waals surface area contributed by atoms with E-state index in [1.807, 2.05) is 13.0 Å². The van der Waals surface area contributed by atoms with Gasteiger partial charge in [0.05, 0.1) is 13.2 Å². The second-order valence-corrected chi connectivity index (χ2v) is 4.79. The van der Waals surface area contributed by atoms with Crippen molar-refractivity contribution in [3.63, 3.8) is 0 Å². The van der Waals surface area contributed by atoms with Crippen LogP contribution in [0.3, 0.4) is 0 Å². The molecule has 0 atom stereocenters. The van der Waals surface area contributed by atoms with E-state index in [1.54, 1.807) is 12.1 Å². The number of aromatic hydroxyl groups is 1. The Balaban J connectivity index is 2.06. The zero-order chi connectivity index (χ0) is 12.5. The summed E-state index contributed by atoms with van der Waals surface area (Å²) in [6.45, 7) is 3.56. The highest BCUT2D eigenvalue weighted by atomic mass is 16.5. The van der Waals surface area contributed by atoms with Gasteiger partial charge in [0.25, 0.3) is 0 Å². The van der Waals surface area contributed by atoms with Gasteiger partial charge in [-0.1, -0.05) is 24.3 Å². The summed E-state index contributed by atoms with van der Waals surface area (Å²) in [5.41, 5.74) is 6.17. The molecule has 1 heterocycles. The van der Waals surface area contributed by atoms with Crippen LogP contribution in [-0.4, -0.2) is 11.7 Å². The first-order valence-electron chi connectivity index (χ1n) is 6.23. The number of hydrogen-bond acceptors (Lipinski definition) is 2. The monoisotopic (exact) mass is 240 g/mol. The molecule has 0 spiro atoms. The van der Waals surface area contributed by atoms with E-state index in [0.717, 1.165) is 25.2 Å². The molecular formula is C16H16O2. The summed E-state index contributed by atoms with van der Waals surface area (Å²) in [4.78, 5) is 0. The van der Waals surface area contributed by atoms with Gasteiger partial charge < -0.3 is 9.84 Å². The highest BCUT2D eigenvalue weighted by Gasteiger charge is 2.11. The fourth-order valence-corrected chi connectivity index (χ4v) is 2.50. The summed E-state index contributed by atoms with van der Waals surface area (Å²) in [6.07, 6.45) is 0.986. The molecule has 1 aliphatic rings. The molecular weight excluding hydrogens is 224 g/mol. The summed E-state index contributed by atoms with van der Waals surface area (Å²) in [5, 5.41) is 9.46. The Kier molecular flexibility index (Phi) is 2.80. The van der Waals surface area contributed by atoms with Crippen molar-refractivity contribution in [2.45, 2.75) is 20.0 Å². The molecule has 2 aromatic rings. The minimum absolute atomic E-state index is 0.322. The Hall–Kier alpha value is -1.80. The lowest BCUT2D eigenvalue weighted by molar-refractivity contribution is 0.111. The molecule has 0 saturated carbocycles. The average Bonchev–Trinajstić information content (AvgIpc) is 2.38. The van der Waals surface area contributed by atoms with Crippen molar-refractivity contribution in [1.29, 1.82) is 0 Å². The average molecular weight is 240 g/mol. The van der Waals surface area contributed by atoms with Crippen LogP contribution in [0.5, 0.6) is 5.75 Å². The summed E-state index contributed by atoms with van der Waals surface area (Å²) in [6, 6.07) is 12.1. The first-order valence-corrected chi connectivity index (χ1v) is 6.23. The van der Waals surface area contributed by atoms with Crippen LogP contribution in [0.25, 0.3) is 11.1 Å². The molecule has 0 fully saturated rings. The highest BCUT2D eigenvalue weighted by molar-refractivity contribution is 5.69. The second-order valence-electron chi connectivity index (χ2n) is 4.79. The lowest BCUT2D eigenvalue weighted by Gasteiger charge is -2.18. The van der Waals surface area contributed by atoms with Crippen LogP contribution >= 0.6 is 0 Å². The molecule has 0 aliphatic carbocycles. The standard InChI is InChI=1S/C16H16O2/c1-11-8-15(17)4-5-16(11)13-2-3-14-10-18-7-6-12(14)9-13/h2-5,8-9,17H,6-7,10H2,1H3. The fourth-order valence-electron chi connectivity index (χ4n) is 2.50. The number of fused-ring (bicyclic) bond motifs is 1. The Labute approximate surface area is 107 Å². The van der Waals surface area contributed by atoms with Crippen molar-refractivity contribution in [2.24, 2.45) is 0 Å². The number of aryl methyl sites for hydroxylation is 1. The van der Waals surface area contributed by atoms with Crippen molar-refractivity contribution in [3.05, 3.63) is 53.1 Å². The van der Waals surface area contributed by atoms with Crippen molar-refractivity contribution in [1.82, 2.24) is 0 Å². The van der Waals surface area contributed by atoms with Crippen LogP contribution in [0.15, 0.2) is 36.4 Å². The Bertz CT molecular complexity index is 588. The lowest BCUT2D eigenvalue weighted by atomic mass is 9.94. The minimum Gasteiger partial charge on any atom is -0.508 e. The molecule has 0 aromatic heterocycles. The smallest absolute Gasteiger partial charge is 0.115 e. The van der Waals surface area contributed by atoms with Gasteiger partial charge in [-0.15, -0.1) is 0 Å². The number of hydrogen-bond donors (Lipinski definition) is 1. The molecule has 1 aliphatic heterocycles. The largest absolute Gasteiger partial charge is 0.508 e. The Morgan fingerprint density at radius 3 is 2.78 bits per heavy atom. The predicted octanol–water partition coefficient (Wildman–Crippen LogP) is 3.44. The van der Waals surface area contributed by atoms with Gasteiger partial charge in [-0.25, -0.2) is 0 Å². The molecule has 0 unspecified atom stereocenters. The lowest BCUT2D eigenvalue weighted by Crippen LogP contribution is -2.09. The number of benzene rings is 2. The third-order valence-electron chi connectivity index (χ3n) is 3.50. The fraction of sp³-hybridized carbons (Fsp3) is 0.250. The van der Waals surface area contributed by atoms with Crippen LogP contribution in [-0.2, 0) is 17.8 Å². The van der Waals surface area contributed by atoms with Crippen molar-refractivity contribution in [3.8, 4) is 16.9 Å². The maximum atomic E-state index is 9.46. The van der Waals surface area contributed by atoms with Gasteiger partial charge in [0.15, 0.2) is 0 Å². The molecule has 1 N–H and O–H groups in total. The van der Waals surface area contributed by atoms with Gasteiger partial charge in [-0.3, -0.25) is 0 Å². The van der Waals surface area contributed by atoms with Crippen molar-refractivity contribution in [2.75, 3.05) is 6.61 Å². The molecule has 92 valence electrons. The Morgan fingerprint density at radius 1 is 1.06 bits per heavy atom. The maximum absolute atomic E-state index is 9.46. The minimum atomic E-state index is 0.322. The zero-order valence-corrected chi connectivity index (χ0v) is 10.4. The van der Waals surface area contributed by atoms with Gasteiger partial charge in [0.2, 0.25) is 0 Å². The zero-order valence-electron chi connectivity index (χ0n) is 10.4. The molecule has 18 heavy (non-hydrogen) atoms. The molecule has 0 radical (unpaired) electrons. The molecule has 0 saturated heterocycles. The van der Waals surface area contributed by atoms with E-state index in [0.29, 0.717) is 5.75 Å². The predicted molar refractivity (Wildman–Crippen MR) is 71.6 cm³/mol. The van der Waals surface area contributed by atoms with Crippen LogP contribution in [0.4, 0.5) is 0 Å². The topological polar surface area (TPSA) is 29.5 Å². The summed E-state index contributed by atoms with van der Waals surface area (Å²) < 4.78 is 5.45. The van der Waals surface area contributed by atoms with Crippen LogP contribution < -0.4 is 0 Å². The second kappa shape index (κ2) is 4.46. The molecule has 2 nitrogen and oxygen atoms in total. The summed E-state index contributed by atoms with van der Waals surface area (Å²) >= 11 is 0. The van der Waals surface area contributed by atoms with Gasteiger partial charge in [-0.05, 0) is 53.3 Å². The van der Waals surface area contributed by atoms with Gasteiger partial charge in [-0.2, -0.15) is 0 Å². The number of ether oxygens (including phenoxy) is 1. The third kappa shape index (κ3) is 2.00. The first-order chi connectivity index (χ1) is 8.74. The van der Waals surface area contributed by atoms with Crippen molar-refractivity contribution < 1.29 is 9.84 Å². The van der Waals surface area contributed by atoms with Crippen LogP contribution in [0, 0.1) is 6.92 Å². The molecule has 2 heteroatoms. The number of phenolic OH excluding ortho intramolecular Hbond substituents is 1. The first kappa shape index (κ1) is 11.3. The van der Waals surface area contributed by atoms with Gasteiger partial charge >= 0.3 is 0 Å². The van der Waals surface area contributed by atoms with Crippen LogP contribution in [0.1, 0.15) is 16.7 Å². The maximum Gasteiger partial charge on any atom is 0.115 e. The van der Waals surface area contributed by atoms with E-state index in [4.69, 9.17) is 4.74 Å².